The molecular formula is C36H38Cl2NSiZr. The molecule has 1 unspecified atom stereocenters. The second-order valence-corrected chi connectivity index (χ2v) is 16.2. The fourth-order valence-electron chi connectivity index (χ4n) is 7.00. The van der Waals surface area contributed by atoms with E-state index in [0.29, 0.717) is 0 Å². The van der Waals surface area contributed by atoms with Gasteiger partial charge in [0.05, 0.1) is 8.07 Å². The molecule has 1 radical (unpaired) electrons. The van der Waals surface area contributed by atoms with Crippen molar-refractivity contribution >= 4 is 24.0 Å². The second-order valence-electron chi connectivity index (χ2n) is 11.7. The molecule has 0 amide bonds. The third-order valence-corrected chi connectivity index (χ3v) is 12.8. The SMILES string of the molecule is CC1=C2c3ccn(-c4ccccc4)c3C1[Si]2(C)C.CCCCc1ccc(-c2cccc3[cH-]c(C)cc23)cc1.[Cl-].[Cl-].[Zr+3]. The summed E-state index contributed by atoms with van der Waals surface area (Å²) in [6, 6.07) is 33.2. The molecule has 5 heteroatoms. The Labute approximate surface area is 278 Å². The second kappa shape index (κ2) is 13.5. The van der Waals surface area contributed by atoms with E-state index in [0.717, 1.165) is 5.54 Å². The summed E-state index contributed by atoms with van der Waals surface area (Å²) in [7, 11) is -1.17. The molecule has 1 aliphatic carbocycles. The van der Waals surface area contributed by atoms with Gasteiger partial charge in [-0.2, -0.15) is 6.07 Å². The standard InChI is InChI=1S/C20H21.C16H17NSi.2ClH.Zr/c1-3-4-6-16-9-11-17(12-10-16)19-8-5-7-18-13-15(2)14-20(18)19;1-11-15-13-9-10-17(12-7-5-4-6-8-12)14(13)16(11)18(15,2)3;;;/h5,7-14H,3-4,6H2,1-2H3;4-10,16H,1-3H3;2*1H;/q-1;;;;+3/p-2. The smallest absolute Gasteiger partial charge is 1.00 e. The van der Waals surface area contributed by atoms with Crippen molar-refractivity contribution in [3.63, 3.8) is 0 Å². The summed E-state index contributed by atoms with van der Waals surface area (Å²) < 4.78 is 2.40. The summed E-state index contributed by atoms with van der Waals surface area (Å²) in [6.45, 7) is 11.8. The summed E-state index contributed by atoms with van der Waals surface area (Å²) in [6.07, 6.45) is 5.96. The predicted octanol–water partition coefficient (Wildman–Crippen LogP) is 4.03. The number of hydrogen-bond acceptors (Lipinski definition) is 0. The van der Waals surface area contributed by atoms with Crippen LogP contribution in [0.1, 0.15) is 54.6 Å². The van der Waals surface area contributed by atoms with E-state index >= 15 is 0 Å². The van der Waals surface area contributed by atoms with Gasteiger partial charge in [-0.05, 0) is 54.7 Å². The Morgan fingerprint density at radius 3 is 2.20 bits per heavy atom. The molecule has 1 nitrogen and oxygen atoms in total. The van der Waals surface area contributed by atoms with Crippen molar-refractivity contribution in [2.24, 2.45) is 0 Å². The maximum atomic E-state index is 2.51. The predicted molar refractivity (Wildman–Crippen MR) is 167 cm³/mol. The number of aryl methyl sites for hydroxylation is 2. The quantitative estimate of drug-likeness (QED) is 0.196. The van der Waals surface area contributed by atoms with E-state index in [1.807, 2.05) is 0 Å². The van der Waals surface area contributed by atoms with Crippen LogP contribution in [0.4, 0.5) is 0 Å². The van der Waals surface area contributed by atoms with Crippen LogP contribution in [0.25, 0.3) is 32.8 Å². The molecule has 1 atom stereocenters. The van der Waals surface area contributed by atoms with E-state index in [4.69, 9.17) is 0 Å². The zero-order valence-corrected chi connectivity index (χ0v) is 29.6. The van der Waals surface area contributed by atoms with Crippen molar-refractivity contribution in [3.05, 3.63) is 125 Å². The molecule has 41 heavy (non-hydrogen) atoms. The molecular weight excluding hydrogens is 637 g/mol. The first-order valence-electron chi connectivity index (χ1n) is 14.1. The average molecular weight is 675 g/mol. The van der Waals surface area contributed by atoms with Crippen molar-refractivity contribution < 1.29 is 51.0 Å². The number of hydrogen-bond donors (Lipinski definition) is 0. The number of fused-ring (bicyclic) bond motifs is 1. The molecule has 3 heterocycles. The van der Waals surface area contributed by atoms with Gasteiger partial charge in [0.25, 0.3) is 0 Å². The van der Waals surface area contributed by atoms with Gasteiger partial charge in [0.2, 0.25) is 0 Å². The molecule has 2 aliphatic heterocycles. The van der Waals surface area contributed by atoms with Crippen molar-refractivity contribution in [1.82, 2.24) is 4.57 Å². The Balaban J connectivity index is 0.000000211. The van der Waals surface area contributed by atoms with Crippen molar-refractivity contribution in [1.29, 1.82) is 0 Å². The molecule has 5 aromatic rings. The minimum absolute atomic E-state index is 0. The minimum atomic E-state index is -1.17. The van der Waals surface area contributed by atoms with Gasteiger partial charge in [0, 0.05) is 23.1 Å². The number of rotatable bonds is 5. The third kappa shape index (κ3) is 5.94. The van der Waals surface area contributed by atoms with E-state index in [9.17, 15) is 0 Å². The molecule has 209 valence electrons. The first-order chi connectivity index (χ1) is 18.4. The number of benzene rings is 3. The Kier molecular flexibility index (Phi) is 11.0. The van der Waals surface area contributed by atoms with Crippen LogP contribution in [-0.4, -0.2) is 12.6 Å². The van der Waals surface area contributed by atoms with Crippen molar-refractivity contribution in [2.75, 3.05) is 0 Å². The van der Waals surface area contributed by atoms with Crippen LogP contribution >= 0.6 is 0 Å². The summed E-state index contributed by atoms with van der Waals surface area (Å²) >= 11 is 0. The summed E-state index contributed by atoms with van der Waals surface area (Å²) in [4.78, 5) is 0. The normalized spacial score (nSPS) is 15.5. The first kappa shape index (κ1) is 33.5. The van der Waals surface area contributed by atoms with Gasteiger partial charge in [-0.1, -0.05) is 98.2 Å². The van der Waals surface area contributed by atoms with E-state index in [1.165, 1.54) is 63.5 Å². The zero-order valence-electron chi connectivity index (χ0n) is 24.6. The van der Waals surface area contributed by atoms with Crippen LogP contribution in [0.5, 0.6) is 0 Å². The molecule has 4 aromatic carbocycles. The molecule has 0 fully saturated rings. The molecule has 8 rings (SSSR count). The fraction of sp³-hybridized carbons (Fsp3) is 0.250. The minimum Gasteiger partial charge on any atom is -1.00 e. The van der Waals surface area contributed by atoms with E-state index in [1.54, 1.807) is 16.5 Å². The van der Waals surface area contributed by atoms with Crippen LogP contribution in [0, 0.1) is 6.92 Å². The Hall–Kier alpha value is -2.03. The van der Waals surface area contributed by atoms with Gasteiger partial charge in [-0.3, -0.25) is 0 Å². The molecule has 0 saturated heterocycles. The maximum Gasteiger partial charge on any atom is 3.00 e. The number of unbranched alkanes of at least 4 members (excludes halogenated alkanes) is 1. The van der Waals surface area contributed by atoms with Crippen LogP contribution in [0.3, 0.4) is 0 Å². The number of halogens is 2. The van der Waals surface area contributed by atoms with Crippen LogP contribution in [0.2, 0.25) is 13.1 Å². The van der Waals surface area contributed by atoms with Crippen LogP contribution in [-0.2, 0) is 32.6 Å². The number of nitrogens with zero attached hydrogens (tertiary/aromatic N) is 1. The fourth-order valence-corrected chi connectivity index (χ4v) is 11.3. The van der Waals surface area contributed by atoms with Gasteiger partial charge in [0.1, 0.15) is 0 Å². The number of allylic oxidation sites excluding steroid dienone is 1. The number of para-hydroxylation sites is 1. The molecule has 1 aromatic heterocycles. The van der Waals surface area contributed by atoms with E-state index < -0.39 is 8.07 Å². The van der Waals surface area contributed by atoms with Gasteiger partial charge >= 0.3 is 26.2 Å². The molecule has 0 saturated carbocycles. The maximum absolute atomic E-state index is 2.51. The van der Waals surface area contributed by atoms with Gasteiger partial charge in [0.15, 0.2) is 0 Å². The monoisotopic (exact) mass is 672 g/mol. The van der Waals surface area contributed by atoms with Gasteiger partial charge in [-0.25, -0.2) is 0 Å². The Bertz CT molecular complexity index is 1640. The Morgan fingerprint density at radius 2 is 1.54 bits per heavy atom. The largest absolute Gasteiger partial charge is 3.00 e. The molecule has 2 bridgehead atoms. The van der Waals surface area contributed by atoms with Crippen LogP contribution < -0.4 is 24.8 Å². The van der Waals surface area contributed by atoms with Gasteiger partial charge in [-0.15, -0.1) is 34.5 Å². The van der Waals surface area contributed by atoms with E-state index in [2.05, 4.69) is 136 Å². The number of aromatic nitrogens is 1. The first-order valence-corrected chi connectivity index (χ1v) is 17.2. The molecule has 3 aliphatic rings. The molecule has 0 N–H and O–H groups in total. The zero-order chi connectivity index (χ0) is 26.4. The third-order valence-electron chi connectivity index (χ3n) is 8.68. The van der Waals surface area contributed by atoms with Crippen molar-refractivity contribution in [3.8, 4) is 16.8 Å². The van der Waals surface area contributed by atoms with E-state index in [-0.39, 0.29) is 51.0 Å². The van der Waals surface area contributed by atoms with Crippen LogP contribution in [0.15, 0.2) is 103 Å². The van der Waals surface area contributed by atoms with Crippen molar-refractivity contribution in [2.45, 2.75) is 58.7 Å². The average Bonchev–Trinajstić information content (AvgIpc) is 3.64. The summed E-state index contributed by atoms with van der Waals surface area (Å²) in [5, 5.41) is 4.43. The molecule has 0 spiro atoms. The Morgan fingerprint density at radius 1 is 0.829 bits per heavy atom. The topological polar surface area (TPSA) is 4.93 Å². The van der Waals surface area contributed by atoms with Gasteiger partial charge < -0.3 is 29.4 Å². The summed E-state index contributed by atoms with van der Waals surface area (Å²) in [5.74, 6) is 0. The summed E-state index contributed by atoms with van der Waals surface area (Å²) in [5.41, 5.74) is 12.2.